The Balaban J connectivity index is 1.38. The summed E-state index contributed by atoms with van der Waals surface area (Å²) in [6.45, 7) is 0. The number of benzene rings is 4. The van der Waals surface area contributed by atoms with Crippen LogP contribution in [0.2, 0.25) is 0 Å². The van der Waals surface area contributed by atoms with Gasteiger partial charge in [0.2, 0.25) is 6.23 Å². The van der Waals surface area contributed by atoms with E-state index in [0.29, 0.717) is 23.5 Å². The lowest BCUT2D eigenvalue weighted by Crippen LogP contribution is -2.34. The van der Waals surface area contributed by atoms with Gasteiger partial charge in [-0.2, -0.15) is 5.10 Å². The van der Waals surface area contributed by atoms with Crippen LogP contribution in [0.3, 0.4) is 0 Å². The number of methoxy groups -OCH3 is 2. The minimum Gasteiger partial charge on any atom is -0.493 e. The standard InChI is InChI=1S/C31H26N2O5S/c1-36-27-17-16-23(28(31(34)35)29(27)37-2)30-33-25(22-10-6-7-11-26(22)38-30)18-24(32-33)19-12-14-21(15-13-19)39-20-8-4-3-5-9-20/h3-17,25,30H,18H2,1-2H3,(H,34,35)/t25-,30+/m0/s1. The van der Waals surface area contributed by atoms with E-state index in [4.69, 9.17) is 19.3 Å². The Kier molecular flexibility index (Phi) is 6.62. The van der Waals surface area contributed by atoms with Crippen LogP contribution in [0, 0.1) is 0 Å². The maximum absolute atomic E-state index is 12.5. The maximum Gasteiger partial charge on any atom is 0.340 e. The van der Waals surface area contributed by atoms with Crippen LogP contribution >= 0.6 is 11.8 Å². The van der Waals surface area contributed by atoms with E-state index in [9.17, 15) is 9.90 Å². The lowest BCUT2D eigenvalue weighted by molar-refractivity contribution is -0.0199. The normalized spacial score (nSPS) is 17.5. The molecule has 196 valence electrons. The van der Waals surface area contributed by atoms with Crippen molar-refractivity contribution in [3.8, 4) is 17.2 Å². The molecule has 0 aromatic heterocycles. The number of carboxylic acid groups (broad SMARTS) is 1. The average molecular weight is 539 g/mol. The van der Waals surface area contributed by atoms with E-state index < -0.39 is 12.2 Å². The summed E-state index contributed by atoms with van der Waals surface area (Å²) < 4.78 is 17.3. The van der Waals surface area contributed by atoms with Crippen LogP contribution in [0.1, 0.15) is 45.7 Å². The summed E-state index contributed by atoms with van der Waals surface area (Å²) >= 11 is 1.71. The number of carboxylic acids is 1. The predicted molar refractivity (Wildman–Crippen MR) is 149 cm³/mol. The molecule has 2 aliphatic rings. The van der Waals surface area contributed by atoms with Crippen molar-refractivity contribution < 1.29 is 24.1 Å². The summed E-state index contributed by atoms with van der Waals surface area (Å²) in [7, 11) is 2.91. The van der Waals surface area contributed by atoms with E-state index in [1.54, 1.807) is 23.9 Å². The highest BCUT2D eigenvalue weighted by Gasteiger charge is 2.43. The SMILES string of the molecule is COc1ccc([C@H]2Oc3ccccc3[C@@H]3CC(c4ccc(Sc5ccccc5)cc4)=NN23)c(C(=O)O)c1OC. The first-order valence-corrected chi connectivity index (χ1v) is 13.3. The third kappa shape index (κ3) is 4.57. The average Bonchev–Trinajstić information content (AvgIpc) is 3.43. The molecule has 0 radical (unpaired) electrons. The molecule has 7 nitrogen and oxygen atoms in total. The number of rotatable bonds is 7. The number of para-hydroxylation sites is 1. The van der Waals surface area contributed by atoms with Gasteiger partial charge in [0.1, 0.15) is 11.3 Å². The van der Waals surface area contributed by atoms with Crippen molar-refractivity contribution in [3.63, 3.8) is 0 Å². The number of ether oxygens (including phenoxy) is 3. The molecule has 0 unspecified atom stereocenters. The first kappa shape index (κ1) is 24.9. The van der Waals surface area contributed by atoms with Crippen LogP contribution in [0.25, 0.3) is 0 Å². The topological polar surface area (TPSA) is 80.6 Å². The number of hydrogen-bond acceptors (Lipinski definition) is 7. The van der Waals surface area contributed by atoms with Gasteiger partial charge in [-0.15, -0.1) is 0 Å². The number of aromatic carboxylic acids is 1. The van der Waals surface area contributed by atoms with Crippen LogP contribution in [0.5, 0.6) is 17.2 Å². The minimum absolute atomic E-state index is 0.00841. The quantitative estimate of drug-likeness (QED) is 0.277. The molecule has 0 amide bonds. The molecule has 6 rings (SSSR count). The van der Waals surface area contributed by atoms with Crippen molar-refractivity contribution in [1.82, 2.24) is 5.01 Å². The summed E-state index contributed by atoms with van der Waals surface area (Å²) in [4.78, 5) is 14.8. The lowest BCUT2D eigenvalue weighted by Gasteiger charge is -2.38. The second-order valence-electron chi connectivity index (χ2n) is 9.16. The molecule has 0 saturated heterocycles. The molecule has 2 heterocycles. The molecular formula is C31H26N2O5S. The number of fused-ring (bicyclic) bond motifs is 3. The van der Waals surface area contributed by atoms with Crippen LogP contribution in [-0.4, -0.2) is 36.0 Å². The van der Waals surface area contributed by atoms with E-state index in [2.05, 4.69) is 36.4 Å². The molecule has 0 spiro atoms. The van der Waals surface area contributed by atoms with Crippen molar-refractivity contribution in [2.75, 3.05) is 14.2 Å². The second-order valence-corrected chi connectivity index (χ2v) is 10.3. The molecule has 0 aliphatic carbocycles. The highest BCUT2D eigenvalue weighted by atomic mass is 32.2. The molecule has 0 fully saturated rings. The second kappa shape index (κ2) is 10.4. The molecule has 39 heavy (non-hydrogen) atoms. The maximum atomic E-state index is 12.5. The minimum atomic E-state index is -1.13. The third-order valence-corrected chi connectivity index (χ3v) is 7.94. The van der Waals surface area contributed by atoms with Gasteiger partial charge in [0.15, 0.2) is 11.5 Å². The Morgan fingerprint density at radius 3 is 2.33 bits per heavy atom. The van der Waals surface area contributed by atoms with Gasteiger partial charge in [0.05, 0.1) is 26.0 Å². The zero-order valence-electron chi connectivity index (χ0n) is 21.4. The number of nitrogens with zero attached hydrogens (tertiary/aromatic N) is 2. The highest BCUT2D eigenvalue weighted by molar-refractivity contribution is 7.99. The van der Waals surface area contributed by atoms with Crippen LogP contribution in [0.4, 0.5) is 0 Å². The summed E-state index contributed by atoms with van der Waals surface area (Å²) in [5, 5.41) is 17.1. The Morgan fingerprint density at radius 1 is 0.897 bits per heavy atom. The van der Waals surface area contributed by atoms with Crippen LogP contribution in [-0.2, 0) is 0 Å². The number of carbonyl (C=O) groups is 1. The fourth-order valence-corrected chi connectivity index (χ4v) is 5.96. The van der Waals surface area contributed by atoms with Gasteiger partial charge < -0.3 is 19.3 Å². The van der Waals surface area contributed by atoms with Crippen LogP contribution < -0.4 is 14.2 Å². The van der Waals surface area contributed by atoms with Gasteiger partial charge in [-0.3, -0.25) is 0 Å². The van der Waals surface area contributed by atoms with Gasteiger partial charge in [0, 0.05) is 27.3 Å². The summed E-state index contributed by atoms with van der Waals surface area (Å²) in [6.07, 6.45) is -0.0983. The van der Waals surface area contributed by atoms with Crippen molar-refractivity contribution in [1.29, 1.82) is 0 Å². The van der Waals surface area contributed by atoms with E-state index in [1.807, 2.05) is 47.5 Å². The van der Waals surface area contributed by atoms with E-state index >= 15 is 0 Å². The molecule has 0 saturated carbocycles. The van der Waals surface area contributed by atoms with E-state index in [-0.39, 0.29) is 17.4 Å². The third-order valence-electron chi connectivity index (χ3n) is 6.92. The van der Waals surface area contributed by atoms with Crippen LogP contribution in [0.15, 0.2) is 106 Å². The van der Waals surface area contributed by atoms with Gasteiger partial charge in [-0.1, -0.05) is 60.3 Å². The molecule has 2 atom stereocenters. The summed E-state index contributed by atoms with van der Waals surface area (Å²) in [6, 6.07) is 29.8. The monoisotopic (exact) mass is 538 g/mol. The largest absolute Gasteiger partial charge is 0.493 e. The first-order chi connectivity index (χ1) is 19.1. The zero-order chi connectivity index (χ0) is 26.9. The molecule has 0 bridgehead atoms. The number of hydrogen-bond donors (Lipinski definition) is 1. The Bertz CT molecular complexity index is 1560. The lowest BCUT2D eigenvalue weighted by atomic mass is 9.95. The van der Waals surface area contributed by atoms with Gasteiger partial charge >= 0.3 is 5.97 Å². The molecular weight excluding hydrogens is 512 g/mol. The Labute approximate surface area is 230 Å². The molecule has 1 N–H and O–H groups in total. The zero-order valence-corrected chi connectivity index (χ0v) is 22.2. The van der Waals surface area contributed by atoms with Gasteiger partial charge in [-0.05, 0) is 48.0 Å². The smallest absolute Gasteiger partial charge is 0.340 e. The molecule has 8 heteroatoms. The van der Waals surface area contributed by atoms with E-state index in [1.165, 1.54) is 19.1 Å². The van der Waals surface area contributed by atoms with Crippen molar-refractivity contribution in [2.24, 2.45) is 5.10 Å². The van der Waals surface area contributed by atoms with Crippen molar-refractivity contribution >= 4 is 23.4 Å². The molecule has 4 aromatic rings. The van der Waals surface area contributed by atoms with E-state index in [0.717, 1.165) is 21.7 Å². The summed E-state index contributed by atoms with van der Waals surface area (Å²) in [5.74, 6) is 0.0671. The first-order valence-electron chi connectivity index (χ1n) is 12.5. The van der Waals surface area contributed by atoms with Gasteiger partial charge in [-0.25, -0.2) is 9.80 Å². The number of hydrazone groups is 1. The fourth-order valence-electron chi connectivity index (χ4n) is 5.12. The van der Waals surface area contributed by atoms with Crippen molar-refractivity contribution in [2.45, 2.75) is 28.5 Å². The highest BCUT2D eigenvalue weighted by Crippen LogP contribution is 2.49. The van der Waals surface area contributed by atoms with Gasteiger partial charge in [0.25, 0.3) is 0 Å². The Morgan fingerprint density at radius 2 is 1.62 bits per heavy atom. The fraction of sp³-hybridized carbons (Fsp3) is 0.161. The predicted octanol–water partition coefficient (Wildman–Crippen LogP) is 6.80. The molecule has 4 aromatic carbocycles. The molecule has 2 aliphatic heterocycles. The summed E-state index contributed by atoms with van der Waals surface area (Å²) in [5.41, 5.74) is 3.38. The Hall–Kier alpha value is -4.43. The van der Waals surface area contributed by atoms with Crippen molar-refractivity contribution in [3.05, 3.63) is 113 Å².